The van der Waals surface area contributed by atoms with E-state index in [1.807, 2.05) is 60.7 Å². The number of nitrogens with one attached hydrogen (secondary N) is 1. The maximum absolute atomic E-state index is 11.8. The van der Waals surface area contributed by atoms with Crippen molar-refractivity contribution in [3.05, 3.63) is 131 Å². The topological polar surface area (TPSA) is 58.3 Å². The SMILES string of the molecule is C1CCC2=[N+](CC1)CCCN2.[O-]c1ccc(C(c2ccccc2)(c2ccccc2)c2ccc(O)cc2)cc1. The van der Waals surface area contributed by atoms with Gasteiger partial charge < -0.3 is 10.2 Å². The number of benzene rings is 4. The van der Waals surface area contributed by atoms with Crippen molar-refractivity contribution in [2.24, 2.45) is 0 Å². The number of rotatable bonds is 4. The highest BCUT2D eigenvalue weighted by Gasteiger charge is 2.38. The molecular weight excluding hydrogens is 468 g/mol. The summed E-state index contributed by atoms with van der Waals surface area (Å²) in [4.78, 5) is 0. The summed E-state index contributed by atoms with van der Waals surface area (Å²) < 4.78 is 2.54. The first kappa shape index (κ1) is 25.6. The van der Waals surface area contributed by atoms with Gasteiger partial charge in [0.05, 0.1) is 25.0 Å². The van der Waals surface area contributed by atoms with Crippen LogP contribution >= 0.6 is 0 Å². The average Bonchev–Trinajstić information content (AvgIpc) is 3.23. The van der Waals surface area contributed by atoms with Gasteiger partial charge in [-0.2, -0.15) is 0 Å². The van der Waals surface area contributed by atoms with Crippen LogP contribution in [0.25, 0.3) is 0 Å². The van der Waals surface area contributed by atoms with Crippen LogP contribution in [0.1, 0.15) is 54.4 Å². The van der Waals surface area contributed by atoms with E-state index in [-0.39, 0.29) is 11.5 Å². The molecule has 4 heteroatoms. The van der Waals surface area contributed by atoms with E-state index < -0.39 is 5.41 Å². The van der Waals surface area contributed by atoms with Crippen molar-refractivity contribution in [3.63, 3.8) is 0 Å². The summed E-state index contributed by atoms with van der Waals surface area (Å²) >= 11 is 0. The summed E-state index contributed by atoms with van der Waals surface area (Å²) in [6, 6.07) is 34.8. The molecule has 6 rings (SSSR count). The van der Waals surface area contributed by atoms with Crippen molar-refractivity contribution >= 4 is 5.84 Å². The standard InChI is InChI=1S/C25H20O2.C9H16N2/c26-23-15-11-21(12-16-23)25(19-7-3-1-4-8-19,20-9-5-2-6-10-20)22-13-17-24(27)18-14-22;1-2-5-9-10-6-4-8-11(9)7-3-1/h1-18,26-27H;1-8H2. The van der Waals surface area contributed by atoms with Crippen molar-refractivity contribution in [3.8, 4) is 11.5 Å². The molecule has 0 radical (unpaired) electrons. The van der Waals surface area contributed by atoms with Gasteiger partial charge in [-0.3, -0.25) is 9.89 Å². The van der Waals surface area contributed by atoms with Gasteiger partial charge in [0.2, 0.25) is 5.84 Å². The van der Waals surface area contributed by atoms with Crippen LogP contribution in [0.15, 0.2) is 109 Å². The van der Waals surface area contributed by atoms with Crippen LogP contribution in [0.3, 0.4) is 0 Å². The van der Waals surface area contributed by atoms with Crippen LogP contribution in [-0.4, -0.2) is 35.2 Å². The molecule has 0 saturated heterocycles. The molecule has 4 aromatic carbocycles. The fourth-order valence-corrected chi connectivity index (χ4v) is 5.81. The second-order valence-corrected chi connectivity index (χ2v) is 10.1. The fraction of sp³-hybridized carbons (Fsp3) is 0.265. The van der Waals surface area contributed by atoms with Gasteiger partial charge in [0.25, 0.3) is 0 Å². The Morgan fingerprint density at radius 2 is 1.13 bits per heavy atom. The molecule has 194 valence electrons. The zero-order valence-corrected chi connectivity index (χ0v) is 21.9. The van der Waals surface area contributed by atoms with Crippen LogP contribution in [0.4, 0.5) is 0 Å². The molecule has 0 amide bonds. The molecule has 4 aromatic rings. The molecule has 0 unspecified atom stereocenters. The lowest BCUT2D eigenvalue weighted by Gasteiger charge is -2.37. The predicted octanol–water partition coefficient (Wildman–Crippen LogP) is 5.81. The quantitative estimate of drug-likeness (QED) is 0.272. The van der Waals surface area contributed by atoms with Crippen LogP contribution in [0, 0.1) is 0 Å². The number of amidine groups is 1. The van der Waals surface area contributed by atoms with Crippen molar-refractivity contribution in [2.45, 2.75) is 37.5 Å². The lowest BCUT2D eigenvalue weighted by molar-refractivity contribution is -0.534. The van der Waals surface area contributed by atoms with Crippen LogP contribution in [-0.2, 0) is 5.41 Å². The Morgan fingerprint density at radius 1 is 0.605 bits per heavy atom. The Balaban J connectivity index is 0.000000222. The zero-order valence-electron chi connectivity index (χ0n) is 21.9. The monoisotopic (exact) mass is 504 g/mol. The highest BCUT2D eigenvalue weighted by atomic mass is 16.3. The van der Waals surface area contributed by atoms with Gasteiger partial charge in [-0.1, -0.05) is 97.1 Å². The molecule has 2 aliphatic rings. The van der Waals surface area contributed by atoms with Crippen molar-refractivity contribution in [1.82, 2.24) is 5.32 Å². The molecule has 2 N–H and O–H groups in total. The maximum Gasteiger partial charge on any atom is 0.244 e. The highest BCUT2D eigenvalue weighted by molar-refractivity contribution is 5.77. The van der Waals surface area contributed by atoms with Crippen molar-refractivity contribution < 1.29 is 14.8 Å². The molecule has 38 heavy (non-hydrogen) atoms. The van der Waals surface area contributed by atoms with Crippen LogP contribution in [0.2, 0.25) is 0 Å². The van der Waals surface area contributed by atoms with E-state index in [1.54, 1.807) is 24.3 Å². The van der Waals surface area contributed by atoms with Gasteiger partial charge in [0.1, 0.15) is 5.75 Å². The summed E-state index contributed by atoms with van der Waals surface area (Å²) in [5.41, 5.74) is 3.63. The number of aromatic hydroxyl groups is 1. The molecule has 0 bridgehead atoms. The van der Waals surface area contributed by atoms with Gasteiger partial charge >= 0.3 is 0 Å². The number of hydrogen-bond acceptors (Lipinski definition) is 3. The Labute approximate surface area is 225 Å². The molecule has 0 spiro atoms. The second kappa shape index (κ2) is 12.0. The summed E-state index contributed by atoms with van der Waals surface area (Å²) in [6.07, 6.45) is 6.81. The molecule has 2 heterocycles. The minimum atomic E-state index is -0.593. The van der Waals surface area contributed by atoms with Crippen molar-refractivity contribution in [2.75, 3.05) is 19.6 Å². The molecule has 0 aliphatic carbocycles. The predicted molar refractivity (Wildman–Crippen MR) is 152 cm³/mol. The Hall–Kier alpha value is -4.05. The van der Waals surface area contributed by atoms with E-state index in [0.717, 1.165) is 22.3 Å². The number of nitrogens with zero attached hydrogens (tertiary/aromatic N) is 1. The fourth-order valence-electron chi connectivity index (χ4n) is 5.81. The molecule has 0 atom stereocenters. The van der Waals surface area contributed by atoms with Gasteiger partial charge in [0, 0.05) is 12.8 Å². The Morgan fingerprint density at radius 3 is 1.74 bits per heavy atom. The minimum Gasteiger partial charge on any atom is -0.872 e. The first-order chi connectivity index (χ1) is 18.7. The van der Waals surface area contributed by atoms with Gasteiger partial charge in [-0.25, -0.2) is 0 Å². The zero-order chi connectivity index (χ0) is 26.2. The van der Waals surface area contributed by atoms with E-state index >= 15 is 0 Å². The van der Waals surface area contributed by atoms with E-state index in [0.29, 0.717) is 0 Å². The third-order valence-corrected chi connectivity index (χ3v) is 7.66. The lowest BCUT2D eigenvalue weighted by atomic mass is 9.65. The van der Waals surface area contributed by atoms with Crippen molar-refractivity contribution in [1.29, 1.82) is 0 Å². The lowest BCUT2D eigenvalue weighted by Crippen LogP contribution is -2.40. The summed E-state index contributed by atoms with van der Waals surface area (Å²) in [6.45, 7) is 3.79. The molecule has 0 fully saturated rings. The van der Waals surface area contributed by atoms with E-state index in [1.165, 1.54) is 57.6 Å². The largest absolute Gasteiger partial charge is 0.872 e. The maximum atomic E-state index is 11.8. The summed E-state index contributed by atoms with van der Waals surface area (Å²) in [7, 11) is 0. The highest BCUT2D eigenvalue weighted by Crippen LogP contribution is 2.45. The average molecular weight is 505 g/mol. The minimum absolute atomic E-state index is 0.0144. The smallest absolute Gasteiger partial charge is 0.244 e. The number of hydrogen-bond donors (Lipinski definition) is 2. The number of phenolic OH excluding ortho intramolecular Hbond substituents is 1. The van der Waals surface area contributed by atoms with E-state index in [2.05, 4.69) is 34.2 Å². The normalized spacial score (nSPS) is 15.4. The second-order valence-electron chi connectivity index (χ2n) is 10.1. The van der Waals surface area contributed by atoms with Gasteiger partial charge in [-0.15, -0.1) is 5.75 Å². The molecular formula is C34H36N2O2. The molecule has 0 aromatic heterocycles. The van der Waals surface area contributed by atoms with Crippen LogP contribution in [0.5, 0.6) is 11.5 Å². The number of phenols is 1. The molecule has 0 saturated carbocycles. The van der Waals surface area contributed by atoms with Gasteiger partial charge in [0.15, 0.2) is 0 Å². The third-order valence-electron chi connectivity index (χ3n) is 7.66. The summed E-state index contributed by atoms with van der Waals surface area (Å²) in [5, 5.41) is 25.1. The summed E-state index contributed by atoms with van der Waals surface area (Å²) in [5.74, 6) is 1.73. The first-order valence-corrected chi connectivity index (χ1v) is 13.7. The molecule has 2 aliphatic heterocycles. The van der Waals surface area contributed by atoms with Gasteiger partial charge in [-0.05, 0) is 53.6 Å². The van der Waals surface area contributed by atoms with E-state index in [9.17, 15) is 10.2 Å². The van der Waals surface area contributed by atoms with E-state index in [4.69, 9.17) is 0 Å². The molecule has 4 nitrogen and oxygen atoms in total. The first-order valence-electron chi connectivity index (χ1n) is 13.7. The van der Waals surface area contributed by atoms with Crippen LogP contribution < -0.4 is 10.4 Å². The Bertz CT molecular complexity index is 1230. The Kier molecular flexibility index (Phi) is 8.08. The third kappa shape index (κ3) is 5.45.